The fourth-order valence-electron chi connectivity index (χ4n) is 7.35. The average molecular weight is 469 g/mol. The van der Waals surface area contributed by atoms with E-state index in [1.165, 1.54) is 32.1 Å². The van der Waals surface area contributed by atoms with Crippen molar-refractivity contribution >= 4 is 11.6 Å². The summed E-state index contributed by atoms with van der Waals surface area (Å²) in [6.07, 6.45) is 6.00. The number of benzene rings is 1. The molecule has 1 aromatic carbocycles. The van der Waals surface area contributed by atoms with E-state index in [0.717, 1.165) is 84.3 Å². The third kappa shape index (κ3) is 3.23. The number of piperazine rings is 1. The number of β-lactam (4-membered cyclic amide) rings is 1. The molecule has 2 atom stereocenters. The molecule has 5 fully saturated rings. The van der Waals surface area contributed by atoms with Gasteiger partial charge in [0.2, 0.25) is 11.4 Å². The van der Waals surface area contributed by atoms with E-state index in [9.17, 15) is 4.79 Å². The highest BCUT2D eigenvalue weighted by atomic mass is 16.5. The van der Waals surface area contributed by atoms with Crippen LogP contribution < -0.4 is 10.2 Å². The molecule has 0 bridgehead atoms. The normalized spacial score (nSPS) is 34.9. The number of hydrogen-bond donors (Lipinski definition) is 1. The number of para-hydroxylation sites is 1. The summed E-state index contributed by atoms with van der Waals surface area (Å²) in [7, 11) is 0. The summed E-state index contributed by atoms with van der Waals surface area (Å²) in [5.41, 5.74) is 0.362. The van der Waals surface area contributed by atoms with Crippen LogP contribution in [-0.4, -0.2) is 116 Å². The first-order valence-electron chi connectivity index (χ1n) is 13.5. The van der Waals surface area contributed by atoms with Gasteiger partial charge in [-0.05, 0) is 37.8 Å². The van der Waals surface area contributed by atoms with Crippen LogP contribution in [0.25, 0.3) is 0 Å². The quantitative estimate of drug-likeness (QED) is 0.652. The van der Waals surface area contributed by atoms with Gasteiger partial charge in [-0.1, -0.05) is 24.6 Å². The Bertz CT molecular complexity index is 826. The molecule has 5 aliphatic heterocycles. The highest BCUT2D eigenvalue weighted by Crippen LogP contribution is 2.55. The maximum Gasteiger partial charge on any atom is 0.270 e. The molecule has 1 N–H and O–H groups in total. The van der Waals surface area contributed by atoms with Crippen LogP contribution in [0.5, 0.6) is 0 Å². The van der Waals surface area contributed by atoms with E-state index in [1.54, 1.807) is 0 Å². The number of piperidine rings is 1. The number of ether oxygens (including phenoxy) is 1. The number of nitrogens with zero attached hydrogens (tertiary/aromatic N) is 5. The number of amides is 1. The van der Waals surface area contributed by atoms with Crippen LogP contribution in [0.3, 0.4) is 0 Å². The minimum absolute atomic E-state index is 0.265. The smallest absolute Gasteiger partial charge is 0.270 e. The average Bonchev–Trinajstić information content (AvgIpc) is 3.45. The summed E-state index contributed by atoms with van der Waals surface area (Å²) in [4.78, 5) is 27.5. The number of morpholine rings is 1. The van der Waals surface area contributed by atoms with Gasteiger partial charge >= 0.3 is 0 Å². The van der Waals surface area contributed by atoms with E-state index in [2.05, 4.69) is 54.1 Å². The predicted molar refractivity (Wildman–Crippen MR) is 132 cm³/mol. The molecule has 0 spiro atoms. The highest BCUT2D eigenvalue weighted by molar-refractivity contribution is 6.10. The lowest BCUT2D eigenvalue weighted by molar-refractivity contribution is -0.264. The second-order valence-electron chi connectivity index (χ2n) is 10.4. The summed E-state index contributed by atoms with van der Waals surface area (Å²) in [6.45, 7) is 10.9. The zero-order valence-corrected chi connectivity index (χ0v) is 20.5. The summed E-state index contributed by atoms with van der Waals surface area (Å²) in [5, 5.41) is 3.54. The molecule has 5 heterocycles. The second-order valence-corrected chi connectivity index (χ2v) is 10.4. The Balaban J connectivity index is 1.57. The molecule has 2 unspecified atom stereocenters. The maximum atomic E-state index is 14.8. The van der Waals surface area contributed by atoms with Crippen LogP contribution >= 0.6 is 0 Å². The molecule has 5 saturated heterocycles. The van der Waals surface area contributed by atoms with Gasteiger partial charge in [0.05, 0.1) is 13.2 Å². The first-order valence-corrected chi connectivity index (χ1v) is 13.5. The number of carbonyl (C=O) groups excluding carboxylic acids is 1. The van der Waals surface area contributed by atoms with E-state index in [-0.39, 0.29) is 5.91 Å². The first kappa shape index (κ1) is 22.9. The largest absolute Gasteiger partial charge is 0.379 e. The van der Waals surface area contributed by atoms with Crippen molar-refractivity contribution in [2.24, 2.45) is 0 Å². The number of likely N-dealkylation sites (tertiary alicyclic amines) is 2. The monoisotopic (exact) mass is 468 g/mol. The molecule has 0 aromatic heterocycles. The van der Waals surface area contributed by atoms with Crippen molar-refractivity contribution in [1.82, 2.24) is 24.9 Å². The van der Waals surface area contributed by atoms with E-state index in [4.69, 9.17) is 4.74 Å². The summed E-state index contributed by atoms with van der Waals surface area (Å²) in [5.74, 6) is -0.249. The number of carbonyl (C=O) groups is 1. The number of rotatable bonds is 5. The molecular formula is C26H40N6O2. The van der Waals surface area contributed by atoms with Gasteiger partial charge in [-0.2, -0.15) is 0 Å². The summed E-state index contributed by atoms with van der Waals surface area (Å²) >= 11 is 0. The zero-order valence-electron chi connectivity index (χ0n) is 20.5. The van der Waals surface area contributed by atoms with Crippen molar-refractivity contribution in [2.45, 2.75) is 43.6 Å². The maximum absolute atomic E-state index is 14.8. The molecule has 1 amide bonds. The van der Waals surface area contributed by atoms with Gasteiger partial charge in [-0.25, -0.2) is 0 Å². The van der Waals surface area contributed by atoms with Gasteiger partial charge in [0.25, 0.3) is 5.91 Å². The SMILES string of the molecule is O=C1N(c2ccccc2)C(N2CCCC2)(N2CCOCC2)C1(N1CCCCC1)N1CCNCC1. The number of hydrogen-bond acceptors (Lipinski definition) is 7. The van der Waals surface area contributed by atoms with Crippen molar-refractivity contribution in [1.29, 1.82) is 0 Å². The van der Waals surface area contributed by atoms with E-state index in [1.807, 2.05) is 6.07 Å². The highest BCUT2D eigenvalue weighted by Gasteiger charge is 2.81. The van der Waals surface area contributed by atoms with Crippen LogP contribution in [0.4, 0.5) is 5.69 Å². The van der Waals surface area contributed by atoms with Gasteiger partial charge in [-0.15, -0.1) is 0 Å². The van der Waals surface area contributed by atoms with Crippen molar-refractivity contribution in [3.05, 3.63) is 30.3 Å². The minimum atomic E-state index is -0.660. The number of nitrogens with one attached hydrogen (secondary N) is 1. The second kappa shape index (κ2) is 9.48. The van der Waals surface area contributed by atoms with Crippen LogP contribution in [0.15, 0.2) is 30.3 Å². The lowest BCUT2D eigenvalue weighted by atomic mass is 9.77. The Labute approximate surface area is 203 Å². The topological polar surface area (TPSA) is 54.5 Å². The fraction of sp³-hybridized carbons (Fsp3) is 0.731. The Morgan fingerprint density at radius 1 is 0.676 bits per heavy atom. The van der Waals surface area contributed by atoms with Gasteiger partial charge in [0, 0.05) is 71.1 Å². The lowest BCUT2D eigenvalue weighted by Crippen LogP contribution is -3.01. The standard InChI is InChI=1S/C26H40N6O2/c33-24-25(28-13-5-2-6-14-28,29-17-11-27-12-18-29)26(30-15-7-8-16-30,31-19-21-34-22-20-31)32(24)23-9-3-1-4-10-23/h1,3-4,9-10,27H,2,5-8,11-22H2. The molecule has 0 radical (unpaired) electrons. The summed E-state index contributed by atoms with van der Waals surface area (Å²) < 4.78 is 5.85. The van der Waals surface area contributed by atoms with Crippen LogP contribution in [-0.2, 0) is 9.53 Å². The fourth-order valence-corrected chi connectivity index (χ4v) is 7.35. The van der Waals surface area contributed by atoms with Crippen molar-refractivity contribution in [3.63, 3.8) is 0 Å². The molecule has 0 aliphatic carbocycles. The van der Waals surface area contributed by atoms with E-state index >= 15 is 0 Å². The Morgan fingerprint density at radius 2 is 1.24 bits per heavy atom. The van der Waals surface area contributed by atoms with E-state index in [0.29, 0.717) is 0 Å². The van der Waals surface area contributed by atoms with Gasteiger partial charge in [0.1, 0.15) is 0 Å². The van der Waals surface area contributed by atoms with Crippen LogP contribution in [0, 0.1) is 0 Å². The molecule has 8 nitrogen and oxygen atoms in total. The molecule has 0 saturated carbocycles. The van der Waals surface area contributed by atoms with Crippen molar-refractivity contribution in [2.75, 3.05) is 83.6 Å². The van der Waals surface area contributed by atoms with Crippen LogP contribution in [0.1, 0.15) is 32.1 Å². The van der Waals surface area contributed by atoms with Gasteiger partial charge < -0.3 is 10.1 Å². The summed E-state index contributed by atoms with van der Waals surface area (Å²) in [6, 6.07) is 10.4. The predicted octanol–water partition coefficient (Wildman–Crippen LogP) is 1.20. The third-order valence-corrected chi connectivity index (χ3v) is 8.68. The molecule has 8 heteroatoms. The molecule has 186 valence electrons. The first-order chi connectivity index (χ1) is 16.8. The molecule has 5 aliphatic rings. The zero-order chi connectivity index (χ0) is 23.0. The van der Waals surface area contributed by atoms with Crippen LogP contribution in [0.2, 0.25) is 0 Å². The Hall–Kier alpha value is -1.55. The van der Waals surface area contributed by atoms with Gasteiger partial charge in [0.15, 0.2) is 0 Å². The Kier molecular flexibility index (Phi) is 6.38. The lowest BCUT2D eigenvalue weighted by Gasteiger charge is -2.75. The van der Waals surface area contributed by atoms with Crippen molar-refractivity contribution < 1.29 is 9.53 Å². The molecular weight excluding hydrogens is 428 g/mol. The van der Waals surface area contributed by atoms with Gasteiger partial charge in [-0.3, -0.25) is 29.3 Å². The molecule has 1 aromatic rings. The molecule has 34 heavy (non-hydrogen) atoms. The Morgan fingerprint density at radius 3 is 1.91 bits per heavy atom. The van der Waals surface area contributed by atoms with Crippen molar-refractivity contribution in [3.8, 4) is 0 Å². The molecule has 6 rings (SSSR count). The van der Waals surface area contributed by atoms with E-state index < -0.39 is 11.4 Å². The number of anilines is 1. The third-order valence-electron chi connectivity index (χ3n) is 8.68. The minimum Gasteiger partial charge on any atom is -0.379 e.